The quantitative estimate of drug-likeness (QED) is 0.0345. The summed E-state index contributed by atoms with van der Waals surface area (Å²) in [7, 11) is 0. The number of halogens is 4. The molecule has 610 valence electrons. The van der Waals surface area contributed by atoms with Crippen molar-refractivity contribution in [3.05, 3.63) is 72.0 Å². The van der Waals surface area contributed by atoms with Crippen molar-refractivity contribution in [2.45, 2.75) is 288 Å². The van der Waals surface area contributed by atoms with Crippen molar-refractivity contribution in [3.63, 3.8) is 0 Å². The van der Waals surface area contributed by atoms with Gasteiger partial charge in [-0.3, -0.25) is 19.2 Å². The number of alkyl halides is 1. The molecule has 4 N–H and O–H groups in total. The molecule has 112 heavy (non-hydrogen) atoms. The molecule has 3 aromatic carbocycles. The van der Waals surface area contributed by atoms with Crippen molar-refractivity contribution < 1.29 is 162 Å². The standard InChI is InChI=1S/2C28H38FN3O2.C22H35BrO2.C6H4FN3.CH2O3.3CH4.2K.H/c1-26(34)13-14-27(2)17(15-26)7-8-18-19-9-10-21(28(19,3)12-11-20(18)27)24(33)16-32-23-6-4-5-22(29)25(23)30-31-32;1-26(34)13-14-27(2)17(15-26)7-8-18-19-9-10-21(28(19,3)12-11-20(18)27)24(33)16-32-30-23-6-4-5-22(29)25(23)31-32;1-20(25)10-11-21(2)14(12-20)4-5-15-16-6-7-18(19(24)13-23)22(16,3)9-8-17(15)21;7-4-2-1-3-5-6(4)9-10-8-5;2-1-4-3;;;;;;/h2*4-6,17-21,34H,7-16H2,1-3H3;14-18,25H,4-13H2,1-3H3;1-3H,(H,8,9,10);1,3H;3*1H4;;;/q;;;;;;;;2*+1;-1/p-1/t2*17-,18-,19-,20-,21+,26+,27-,28-;14-,15-,16-,17-,18+,20+,21-,22-;;;;;;;;/m000......../s1. The SMILES string of the molecule is C.C.C.C[C@@]1(O)CC[C@@]2(C)[C@@H](CC[C@@H]3[C@@H]2CC[C@]2(C)[C@@H](C(=O)CBr)CC[C@@H]32)C1.C[C@@]1(O)CC[C@@]2(C)[C@@H](CC[C@@H]3[C@@H]2CC[C@]2(C)[C@@H](C(=O)Cn4nc5cccc(F)c5n4)CC[C@@H]32)C1.C[C@@]1(O)CC[C@@]2(C)[C@@H](CC[C@@H]3[C@@H]2CC[C@]2(C)[C@@H](C(=O)Cn4nnc5c(F)cccc54)CC[C@@H]32)C1.Fc1cccc2n[nH]nc12.O=CO[O-].[H-].[K+].[K+]. The van der Waals surface area contributed by atoms with Crippen LogP contribution in [0.15, 0.2) is 54.6 Å². The van der Waals surface area contributed by atoms with Crippen LogP contribution in [0.2, 0.25) is 0 Å². The van der Waals surface area contributed by atoms with Crippen LogP contribution in [-0.2, 0) is 37.2 Å². The molecular weight excluding hydrogens is 1540 g/mol. The van der Waals surface area contributed by atoms with Crippen LogP contribution in [0.3, 0.4) is 0 Å². The van der Waals surface area contributed by atoms with E-state index in [-0.39, 0.29) is 208 Å². The maximum atomic E-state index is 14.1. The summed E-state index contributed by atoms with van der Waals surface area (Å²) in [5.74, 6) is 8.48. The summed E-state index contributed by atoms with van der Waals surface area (Å²) in [4.78, 5) is 52.3. The summed E-state index contributed by atoms with van der Waals surface area (Å²) in [5.41, 5.74) is 2.39. The third-order valence-electron chi connectivity index (χ3n) is 33.0. The Bertz CT molecular complexity index is 4270. The number of Topliss-reactive ketones (excluding diaryl/α,β-unsaturated/α-hetero) is 3. The van der Waals surface area contributed by atoms with Crippen LogP contribution in [0.5, 0.6) is 0 Å². The van der Waals surface area contributed by atoms with Crippen LogP contribution in [-0.4, -0.2) is 107 Å². The number of aliphatic hydroxyl groups is 3. The first-order chi connectivity index (χ1) is 50.7. The molecule has 18 nitrogen and oxygen atoms in total. The summed E-state index contributed by atoms with van der Waals surface area (Å²) >= 11 is 3.43. The van der Waals surface area contributed by atoms with E-state index in [0.717, 1.165) is 126 Å². The number of aromatic nitrogens is 9. The Kier molecular flexibility index (Phi) is 30.2. The van der Waals surface area contributed by atoms with Crippen LogP contribution in [0.4, 0.5) is 13.2 Å². The molecule has 0 bridgehead atoms. The summed E-state index contributed by atoms with van der Waals surface area (Å²) in [6, 6.07) is 14.2. The second kappa shape index (κ2) is 36.2. The zero-order chi connectivity index (χ0) is 76.2. The molecule has 0 aliphatic heterocycles. The summed E-state index contributed by atoms with van der Waals surface area (Å²) in [6.07, 6.45) is 30.4. The number of carbonyl (C=O) groups excluding carboxylic acids is 4. The predicted molar refractivity (Wildman–Crippen MR) is 424 cm³/mol. The number of rotatable bonds is 9. The van der Waals surface area contributed by atoms with E-state index in [1.165, 1.54) is 100 Å². The van der Waals surface area contributed by atoms with Crippen molar-refractivity contribution >= 4 is 72.9 Å². The maximum absolute atomic E-state index is 14.1. The molecule has 0 unspecified atom stereocenters. The molecule has 12 fully saturated rings. The molecule has 12 aliphatic carbocycles. The number of fused-ring (bicyclic) bond motifs is 18. The van der Waals surface area contributed by atoms with Crippen LogP contribution in [0.1, 0.15) is 259 Å². The van der Waals surface area contributed by atoms with Gasteiger partial charge >= 0.3 is 103 Å². The Labute approximate surface area is 758 Å². The number of carbonyl (C=O) groups is 4. The number of hydrogen-bond donors (Lipinski definition) is 4. The van der Waals surface area contributed by atoms with Gasteiger partial charge < -0.3 is 26.9 Å². The van der Waals surface area contributed by atoms with Crippen molar-refractivity contribution in [1.29, 1.82) is 0 Å². The van der Waals surface area contributed by atoms with E-state index in [2.05, 4.69) is 98.3 Å². The minimum atomic E-state index is -0.501. The second-order valence-electron chi connectivity index (χ2n) is 38.4. The fraction of sp³-hybridized carbons (Fsp3) is 0.750. The molecule has 0 saturated heterocycles. The fourth-order valence-corrected chi connectivity index (χ4v) is 27.8. The van der Waals surface area contributed by atoms with E-state index in [0.29, 0.717) is 90.9 Å². The van der Waals surface area contributed by atoms with E-state index in [4.69, 9.17) is 10.1 Å². The van der Waals surface area contributed by atoms with Gasteiger partial charge in [0.25, 0.3) is 6.47 Å². The van der Waals surface area contributed by atoms with Crippen molar-refractivity contribution in [2.24, 2.45) is 121 Å². The third kappa shape index (κ3) is 17.4. The van der Waals surface area contributed by atoms with Gasteiger partial charge in [-0.15, -0.1) is 10.2 Å². The first-order valence-corrected chi connectivity index (χ1v) is 41.8. The number of nitrogens with one attached hydrogen (secondary N) is 1. The summed E-state index contributed by atoms with van der Waals surface area (Å²) in [5, 5.41) is 67.4. The predicted octanol–water partition coefficient (Wildman–Crippen LogP) is 12.0. The van der Waals surface area contributed by atoms with Gasteiger partial charge in [0, 0.05) is 17.8 Å². The molecule has 3 heterocycles. The topological polar surface area (TPSA) is 264 Å². The smallest absolute Gasteiger partial charge is 1.00 e. The zero-order valence-corrected chi connectivity index (χ0v) is 74.4. The monoisotopic (exact) mass is 1670 g/mol. The van der Waals surface area contributed by atoms with Crippen LogP contribution >= 0.6 is 15.9 Å². The molecule has 0 spiro atoms. The van der Waals surface area contributed by atoms with Gasteiger partial charge in [-0.05, 0) is 334 Å². The molecule has 12 aliphatic rings. The number of benzene rings is 3. The van der Waals surface area contributed by atoms with E-state index in [9.17, 15) is 42.9 Å². The van der Waals surface area contributed by atoms with Crippen LogP contribution < -0.4 is 108 Å². The minimum absolute atomic E-state index is 0. The van der Waals surface area contributed by atoms with Gasteiger partial charge in [0.1, 0.15) is 46.5 Å². The Morgan fingerprint density at radius 2 is 0.866 bits per heavy atom. The average molecular weight is 1670 g/mol. The number of ketones is 3. The molecular formula is C88H129BrF3K2N9O9. The Morgan fingerprint density at radius 3 is 1.27 bits per heavy atom. The first-order valence-electron chi connectivity index (χ1n) is 40.7. The molecule has 18 rings (SSSR count). The number of H-pyrrole nitrogens is 1. The van der Waals surface area contributed by atoms with E-state index in [1.54, 1.807) is 41.1 Å². The van der Waals surface area contributed by atoms with Crippen LogP contribution in [0.25, 0.3) is 33.1 Å². The molecule has 0 radical (unpaired) electrons. The molecule has 12 saturated carbocycles. The first kappa shape index (κ1) is 93.6. The Morgan fingerprint density at radius 1 is 0.491 bits per heavy atom. The number of nitrogens with zero attached hydrogens (tertiary/aromatic N) is 8. The van der Waals surface area contributed by atoms with E-state index < -0.39 is 28.4 Å². The number of aromatic amines is 1. The molecule has 3 aromatic heterocycles. The van der Waals surface area contributed by atoms with Crippen LogP contribution in [0, 0.1) is 139 Å². The maximum Gasteiger partial charge on any atom is 1.00 e. The fourth-order valence-electron chi connectivity index (χ4n) is 27.4. The average Bonchev–Trinajstić information content (AvgIpc) is 1.67. The minimum Gasteiger partial charge on any atom is -1.00 e. The van der Waals surface area contributed by atoms with Gasteiger partial charge in [-0.2, -0.15) is 25.3 Å². The third-order valence-corrected chi connectivity index (χ3v) is 33.6. The van der Waals surface area contributed by atoms with E-state index >= 15 is 0 Å². The molecule has 0 amide bonds. The van der Waals surface area contributed by atoms with Crippen molar-refractivity contribution in [3.8, 4) is 0 Å². The van der Waals surface area contributed by atoms with E-state index in [1.807, 2.05) is 20.8 Å². The Hall–Kier alpha value is -2.28. The van der Waals surface area contributed by atoms with Gasteiger partial charge in [0.2, 0.25) is 0 Å². The number of para-hydroxylation sites is 1. The normalized spacial score (nSPS) is 40.1. The zero-order valence-electron chi connectivity index (χ0n) is 67.5. The van der Waals surface area contributed by atoms with Crippen molar-refractivity contribution in [2.75, 3.05) is 5.33 Å². The van der Waals surface area contributed by atoms with Crippen molar-refractivity contribution in [1.82, 2.24) is 45.4 Å². The van der Waals surface area contributed by atoms with Gasteiger partial charge in [-0.1, -0.05) is 103 Å². The molecule has 24 atom stereocenters. The largest absolute Gasteiger partial charge is 1.00 e. The van der Waals surface area contributed by atoms with Gasteiger partial charge in [-0.25, -0.2) is 17.9 Å². The van der Waals surface area contributed by atoms with Gasteiger partial charge in [0.05, 0.1) is 27.6 Å². The van der Waals surface area contributed by atoms with Gasteiger partial charge in [0.15, 0.2) is 29.0 Å². The Balaban J connectivity index is 0.000000192. The summed E-state index contributed by atoms with van der Waals surface area (Å²) in [6.45, 7) is 21.0. The number of hydrogen-bond acceptors (Lipinski definition) is 15. The molecule has 24 heteroatoms. The summed E-state index contributed by atoms with van der Waals surface area (Å²) < 4.78 is 42.4. The molecule has 6 aromatic rings. The second-order valence-corrected chi connectivity index (χ2v) is 39.0.